The third-order valence-corrected chi connectivity index (χ3v) is 4.78. The van der Waals surface area contributed by atoms with Crippen molar-refractivity contribution in [2.24, 2.45) is 5.92 Å². The summed E-state index contributed by atoms with van der Waals surface area (Å²) < 4.78 is 5.06. The fourth-order valence-electron chi connectivity index (χ4n) is 2.97. The van der Waals surface area contributed by atoms with E-state index >= 15 is 0 Å². The number of carbonyl (C=O) groups is 2. The molecule has 6 nitrogen and oxygen atoms in total. The summed E-state index contributed by atoms with van der Waals surface area (Å²) >= 11 is 0. The van der Waals surface area contributed by atoms with Crippen molar-refractivity contribution < 1.29 is 24.1 Å². The number of ether oxygens (including phenoxy) is 1. The van der Waals surface area contributed by atoms with Crippen LogP contribution in [-0.2, 0) is 19.3 Å². The van der Waals surface area contributed by atoms with Gasteiger partial charge in [-0.25, -0.2) is 19.5 Å². The van der Waals surface area contributed by atoms with Gasteiger partial charge < -0.3 is 4.74 Å². The van der Waals surface area contributed by atoms with Crippen LogP contribution in [0.3, 0.4) is 0 Å². The summed E-state index contributed by atoms with van der Waals surface area (Å²) in [6.45, 7) is 11.7. The van der Waals surface area contributed by atoms with E-state index in [0.29, 0.717) is 19.3 Å². The van der Waals surface area contributed by atoms with E-state index in [1.807, 2.05) is 27.7 Å². The summed E-state index contributed by atoms with van der Waals surface area (Å²) in [6, 6.07) is -0.271. The Morgan fingerprint density at radius 3 is 2.55 bits per heavy atom. The van der Waals surface area contributed by atoms with E-state index in [1.54, 1.807) is 6.08 Å². The summed E-state index contributed by atoms with van der Waals surface area (Å²) in [7, 11) is 0. The average molecular weight is 311 g/mol. The summed E-state index contributed by atoms with van der Waals surface area (Å²) in [5.41, 5.74) is -1.86. The molecule has 2 amide bonds. The standard InChI is InChI=1S/C16H25NO5/c1-6-15(7-2)10-16(8-3,22-21-15)13(18)17-12(11(4)5)9-20-14(17)19/h6,11-12H,1,7-10H2,2-5H3/t12-,15-,16-/m1/s1. The number of rotatable bonds is 5. The number of amides is 2. The lowest BCUT2D eigenvalue weighted by Crippen LogP contribution is -2.53. The first kappa shape index (κ1) is 17.0. The molecule has 0 bridgehead atoms. The predicted octanol–water partition coefficient (Wildman–Crippen LogP) is 2.83. The molecule has 2 heterocycles. The fourth-order valence-corrected chi connectivity index (χ4v) is 2.97. The Bertz CT molecular complexity index is 477. The highest BCUT2D eigenvalue weighted by Gasteiger charge is 2.57. The maximum absolute atomic E-state index is 13.0. The van der Waals surface area contributed by atoms with Crippen LogP contribution < -0.4 is 0 Å². The number of cyclic esters (lactones) is 1. The molecule has 6 heteroatoms. The molecule has 124 valence electrons. The van der Waals surface area contributed by atoms with E-state index in [1.165, 1.54) is 4.90 Å². The Labute approximate surface area is 131 Å². The second-order valence-electron chi connectivity index (χ2n) is 6.38. The maximum Gasteiger partial charge on any atom is 0.417 e. The summed E-state index contributed by atoms with van der Waals surface area (Å²) in [5.74, 6) is -0.268. The number of hydrogen-bond acceptors (Lipinski definition) is 5. The number of nitrogens with zero attached hydrogens (tertiary/aromatic N) is 1. The Kier molecular flexibility index (Phi) is 4.63. The van der Waals surface area contributed by atoms with Crippen LogP contribution in [0, 0.1) is 5.92 Å². The van der Waals surface area contributed by atoms with Crippen molar-refractivity contribution in [3.05, 3.63) is 12.7 Å². The molecule has 22 heavy (non-hydrogen) atoms. The fraction of sp³-hybridized carbons (Fsp3) is 0.750. The van der Waals surface area contributed by atoms with Crippen molar-refractivity contribution in [1.29, 1.82) is 0 Å². The quantitative estimate of drug-likeness (QED) is 0.577. The molecule has 2 aliphatic rings. The van der Waals surface area contributed by atoms with Gasteiger partial charge in [-0.3, -0.25) is 4.79 Å². The molecular formula is C16H25NO5. The van der Waals surface area contributed by atoms with Gasteiger partial charge >= 0.3 is 6.09 Å². The Balaban J connectivity index is 2.30. The molecule has 0 aromatic heterocycles. The Morgan fingerprint density at radius 1 is 1.41 bits per heavy atom. The monoisotopic (exact) mass is 311 g/mol. The first-order chi connectivity index (χ1) is 10.3. The van der Waals surface area contributed by atoms with Gasteiger partial charge in [0.05, 0.1) is 6.04 Å². The minimum Gasteiger partial charge on any atom is -0.447 e. The molecular weight excluding hydrogens is 286 g/mol. The summed E-state index contributed by atoms with van der Waals surface area (Å²) in [5, 5.41) is 0. The zero-order valence-electron chi connectivity index (χ0n) is 13.8. The van der Waals surface area contributed by atoms with Crippen molar-refractivity contribution in [1.82, 2.24) is 4.90 Å². The molecule has 0 unspecified atom stereocenters. The van der Waals surface area contributed by atoms with Crippen LogP contribution in [0.4, 0.5) is 4.79 Å². The Morgan fingerprint density at radius 2 is 2.09 bits per heavy atom. The second kappa shape index (κ2) is 6.01. The molecule has 2 saturated heterocycles. The lowest BCUT2D eigenvalue weighted by atomic mass is 9.83. The van der Waals surface area contributed by atoms with Crippen molar-refractivity contribution in [3.8, 4) is 0 Å². The van der Waals surface area contributed by atoms with Gasteiger partial charge in [0.15, 0.2) is 5.60 Å². The highest BCUT2D eigenvalue weighted by Crippen LogP contribution is 2.43. The summed E-state index contributed by atoms with van der Waals surface area (Å²) in [4.78, 5) is 37.2. The number of imide groups is 1. The van der Waals surface area contributed by atoms with Crippen LogP contribution in [0.2, 0.25) is 0 Å². The van der Waals surface area contributed by atoms with E-state index in [4.69, 9.17) is 14.5 Å². The van der Waals surface area contributed by atoms with E-state index in [2.05, 4.69) is 6.58 Å². The molecule has 2 rings (SSSR count). The van der Waals surface area contributed by atoms with Crippen molar-refractivity contribution in [3.63, 3.8) is 0 Å². The van der Waals surface area contributed by atoms with Gasteiger partial charge in [-0.1, -0.05) is 33.8 Å². The van der Waals surface area contributed by atoms with Crippen molar-refractivity contribution in [2.45, 2.75) is 64.2 Å². The van der Waals surface area contributed by atoms with Gasteiger partial charge in [0.1, 0.15) is 12.2 Å². The summed E-state index contributed by atoms with van der Waals surface area (Å²) in [6.07, 6.45) is 2.47. The first-order valence-electron chi connectivity index (χ1n) is 7.85. The smallest absolute Gasteiger partial charge is 0.417 e. The molecule has 0 spiro atoms. The average Bonchev–Trinajstić information content (AvgIpc) is 3.09. The highest BCUT2D eigenvalue weighted by molar-refractivity contribution is 5.98. The molecule has 0 saturated carbocycles. The predicted molar refractivity (Wildman–Crippen MR) is 79.8 cm³/mol. The lowest BCUT2D eigenvalue weighted by molar-refractivity contribution is -0.336. The third-order valence-electron chi connectivity index (χ3n) is 4.78. The number of hydrogen-bond donors (Lipinski definition) is 0. The lowest BCUT2D eigenvalue weighted by Gasteiger charge is -2.31. The number of carbonyl (C=O) groups excluding carboxylic acids is 2. The van der Waals surface area contributed by atoms with Crippen LogP contribution >= 0.6 is 0 Å². The molecule has 2 fully saturated rings. The van der Waals surface area contributed by atoms with E-state index in [0.717, 1.165) is 0 Å². The largest absolute Gasteiger partial charge is 0.447 e. The van der Waals surface area contributed by atoms with Crippen LogP contribution in [0.5, 0.6) is 0 Å². The maximum atomic E-state index is 13.0. The molecule has 2 aliphatic heterocycles. The topological polar surface area (TPSA) is 65.1 Å². The van der Waals surface area contributed by atoms with Gasteiger partial charge in [0.25, 0.3) is 5.91 Å². The van der Waals surface area contributed by atoms with Gasteiger partial charge in [-0.05, 0) is 18.8 Å². The van der Waals surface area contributed by atoms with Crippen molar-refractivity contribution >= 4 is 12.0 Å². The second-order valence-corrected chi connectivity index (χ2v) is 6.38. The van der Waals surface area contributed by atoms with E-state index in [9.17, 15) is 9.59 Å². The molecule has 0 aliphatic carbocycles. The zero-order chi connectivity index (χ0) is 16.5. The third kappa shape index (κ3) is 2.54. The molecule has 0 N–H and O–H groups in total. The van der Waals surface area contributed by atoms with Gasteiger partial charge in [0, 0.05) is 6.42 Å². The van der Waals surface area contributed by atoms with Crippen molar-refractivity contribution in [2.75, 3.05) is 6.61 Å². The minimum absolute atomic E-state index is 0.113. The van der Waals surface area contributed by atoms with E-state index < -0.39 is 17.3 Å². The van der Waals surface area contributed by atoms with Gasteiger partial charge in [0.2, 0.25) is 0 Å². The normalized spacial score (nSPS) is 35.0. The van der Waals surface area contributed by atoms with Crippen LogP contribution in [0.1, 0.15) is 47.0 Å². The van der Waals surface area contributed by atoms with Crippen LogP contribution in [-0.4, -0.2) is 40.8 Å². The minimum atomic E-state index is -1.17. The SMILES string of the molecule is C=C[C@@]1(CC)C[C@](CC)(C(=O)N2C(=O)OC[C@@H]2C(C)C)OO1. The van der Waals surface area contributed by atoms with Crippen LogP contribution in [0.15, 0.2) is 12.7 Å². The molecule has 3 atom stereocenters. The van der Waals surface area contributed by atoms with Gasteiger partial charge in [-0.15, -0.1) is 6.58 Å². The van der Waals surface area contributed by atoms with Gasteiger partial charge in [-0.2, -0.15) is 0 Å². The van der Waals surface area contributed by atoms with E-state index in [-0.39, 0.29) is 24.5 Å². The Hall–Kier alpha value is -1.40. The van der Waals surface area contributed by atoms with Crippen LogP contribution in [0.25, 0.3) is 0 Å². The molecule has 0 radical (unpaired) electrons. The highest BCUT2D eigenvalue weighted by atomic mass is 17.2. The first-order valence-corrected chi connectivity index (χ1v) is 7.85. The zero-order valence-corrected chi connectivity index (χ0v) is 13.8. The molecule has 0 aromatic carbocycles. The molecule has 0 aromatic rings.